The van der Waals surface area contributed by atoms with Gasteiger partial charge in [0.15, 0.2) is 0 Å². The Hall–Kier alpha value is -4.84. The fraction of sp³-hybridized carbons (Fsp3) is 0. The second-order valence-corrected chi connectivity index (χ2v) is 7.32. The van der Waals surface area contributed by atoms with Crippen molar-refractivity contribution in [3.8, 4) is 0 Å². The molecule has 0 saturated heterocycles. The van der Waals surface area contributed by atoms with Crippen molar-refractivity contribution in [1.29, 1.82) is 0 Å². The highest BCUT2D eigenvalue weighted by molar-refractivity contribution is 5.81. The number of nitrogens with zero attached hydrogens (tertiary/aromatic N) is 2. The molecule has 0 amide bonds. The van der Waals surface area contributed by atoms with Crippen LogP contribution in [0.25, 0.3) is 48.6 Å². The molecule has 0 aromatic carbocycles. The van der Waals surface area contributed by atoms with Gasteiger partial charge in [0.2, 0.25) is 0 Å². The molecule has 0 unspecified atom stereocenters. The number of furan rings is 4. The Balaban J connectivity index is 1.59. The van der Waals surface area contributed by atoms with Gasteiger partial charge in [0.1, 0.15) is 0 Å². The van der Waals surface area contributed by atoms with Gasteiger partial charge in [0.05, 0.1) is 72.9 Å². The van der Waals surface area contributed by atoms with Gasteiger partial charge < -0.3 is 17.7 Å². The maximum Gasteiger partial charge on any atom is 0.0974 e. The summed E-state index contributed by atoms with van der Waals surface area (Å²) in [6, 6.07) is 7.53. The Morgan fingerprint density at radius 3 is 0.853 bits per heavy atom. The standard InChI is InChI=1S/C28H20N2O4/c1(21-9-13-31-17-21)5-25-26(6-2-22-10-14-32-18-22)30-28(8-4-24-12-16-34-20-24)27(29-25)7-3-23-11-15-33-19-23/h1-20H. The summed E-state index contributed by atoms with van der Waals surface area (Å²) in [5.41, 5.74) is 6.61. The maximum absolute atomic E-state index is 5.17. The molecular weight excluding hydrogens is 428 g/mol. The van der Waals surface area contributed by atoms with Crippen molar-refractivity contribution < 1.29 is 17.7 Å². The van der Waals surface area contributed by atoms with E-state index in [-0.39, 0.29) is 0 Å². The average Bonchev–Trinajstić information content (AvgIpc) is 3.68. The van der Waals surface area contributed by atoms with Crippen LogP contribution in [0.4, 0.5) is 0 Å². The molecule has 5 heterocycles. The smallest absolute Gasteiger partial charge is 0.0974 e. The Morgan fingerprint density at radius 2 is 0.647 bits per heavy atom. The molecule has 5 aromatic rings. The highest BCUT2D eigenvalue weighted by Crippen LogP contribution is 2.20. The van der Waals surface area contributed by atoms with Crippen molar-refractivity contribution in [2.75, 3.05) is 0 Å². The molecule has 6 heteroatoms. The molecule has 5 rings (SSSR count). The molecule has 34 heavy (non-hydrogen) atoms. The van der Waals surface area contributed by atoms with Crippen molar-refractivity contribution in [2.24, 2.45) is 0 Å². The largest absolute Gasteiger partial charge is 0.472 e. The summed E-state index contributed by atoms with van der Waals surface area (Å²) in [5, 5.41) is 0. The van der Waals surface area contributed by atoms with E-state index in [0.717, 1.165) is 22.3 Å². The van der Waals surface area contributed by atoms with E-state index in [4.69, 9.17) is 27.6 Å². The first-order chi connectivity index (χ1) is 16.8. The Labute approximate surface area is 195 Å². The van der Waals surface area contributed by atoms with Gasteiger partial charge in [-0.05, 0) is 72.9 Å². The lowest BCUT2D eigenvalue weighted by molar-refractivity contribution is 0.566. The fourth-order valence-electron chi connectivity index (χ4n) is 3.16. The maximum atomic E-state index is 5.17. The third-order valence-electron chi connectivity index (χ3n) is 4.91. The Bertz CT molecular complexity index is 1200. The summed E-state index contributed by atoms with van der Waals surface area (Å²) in [6.07, 6.45) is 28.7. The number of aromatic nitrogens is 2. The predicted octanol–water partition coefficient (Wildman–Crippen LogP) is 7.53. The molecule has 0 aliphatic rings. The molecule has 0 N–H and O–H groups in total. The van der Waals surface area contributed by atoms with Gasteiger partial charge in [-0.1, -0.05) is 0 Å². The minimum absolute atomic E-state index is 0.716. The minimum atomic E-state index is 0.716. The molecule has 0 atom stereocenters. The first kappa shape index (κ1) is 21.0. The number of hydrogen-bond acceptors (Lipinski definition) is 6. The molecule has 6 nitrogen and oxygen atoms in total. The molecule has 0 saturated carbocycles. The van der Waals surface area contributed by atoms with E-state index < -0.39 is 0 Å². The third kappa shape index (κ3) is 5.31. The van der Waals surface area contributed by atoms with Crippen LogP contribution in [0.3, 0.4) is 0 Å². The first-order valence-electron chi connectivity index (χ1n) is 10.6. The Morgan fingerprint density at radius 1 is 0.382 bits per heavy atom. The molecule has 5 aromatic heterocycles. The lowest BCUT2D eigenvalue weighted by Gasteiger charge is -2.07. The van der Waals surface area contributed by atoms with Gasteiger partial charge >= 0.3 is 0 Å². The van der Waals surface area contributed by atoms with Crippen LogP contribution in [-0.2, 0) is 0 Å². The quantitative estimate of drug-likeness (QED) is 0.244. The SMILES string of the molecule is C(=Cc1nc(C=Cc2ccoc2)c(C=Cc2ccoc2)nc1C=Cc1ccoc1)c1ccoc1. The molecule has 166 valence electrons. The summed E-state index contributed by atoms with van der Waals surface area (Å²) in [4.78, 5) is 9.85. The Kier molecular flexibility index (Phi) is 6.30. The van der Waals surface area contributed by atoms with Crippen molar-refractivity contribution in [1.82, 2.24) is 9.97 Å². The highest BCUT2D eigenvalue weighted by Gasteiger charge is 2.08. The zero-order chi connectivity index (χ0) is 23.0. The topological polar surface area (TPSA) is 78.3 Å². The summed E-state index contributed by atoms with van der Waals surface area (Å²) in [5.74, 6) is 0. The van der Waals surface area contributed by atoms with Crippen LogP contribution in [0, 0.1) is 0 Å². The predicted molar refractivity (Wildman–Crippen MR) is 133 cm³/mol. The summed E-state index contributed by atoms with van der Waals surface area (Å²) in [7, 11) is 0. The molecule has 0 radical (unpaired) electrons. The lowest BCUT2D eigenvalue weighted by atomic mass is 10.1. The summed E-state index contributed by atoms with van der Waals surface area (Å²) >= 11 is 0. The van der Waals surface area contributed by atoms with Crippen LogP contribution in [0.2, 0.25) is 0 Å². The van der Waals surface area contributed by atoms with Crippen molar-refractivity contribution >= 4 is 48.6 Å². The van der Waals surface area contributed by atoms with Gasteiger partial charge in [-0.2, -0.15) is 0 Å². The normalized spacial score (nSPS) is 12.2. The van der Waals surface area contributed by atoms with E-state index in [1.54, 1.807) is 50.1 Å². The van der Waals surface area contributed by atoms with Gasteiger partial charge in [-0.3, -0.25) is 0 Å². The zero-order valence-corrected chi connectivity index (χ0v) is 18.1. The monoisotopic (exact) mass is 448 g/mol. The van der Waals surface area contributed by atoms with E-state index >= 15 is 0 Å². The van der Waals surface area contributed by atoms with Crippen molar-refractivity contribution in [2.45, 2.75) is 0 Å². The van der Waals surface area contributed by atoms with Gasteiger partial charge in [-0.15, -0.1) is 0 Å². The molecule has 0 aliphatic carbocycles. The van der Waals surface area contributed by atoms with E-state index in [1.165, 1.54) is 0 Å². The fourth-order valence-corrected chi connectivity index (χ4v) is 3.16. The summed E-state index contributed by atoms with van der Waals surface area (Å²) in [6.45, 7) is 0. The second-order valence-electron chi connectivity index (χ2n) is 7.32. The van der Waals surface area contributed by atoms with Gasteiger partial charge in [-0.25, -0.2) is 9.97 Å². The van der Waals surface area contributed by atoms with Gasteiger partial charge in [0, 0.05) is 22.3 Å². The second kappa shape index (κ2) is 10.2. The summed E-state index contributed by atoms with van der Waals surface area (Å²) < 4.78 is 20.7. The molecular formula is C28H20N2O4. The highest BCUT2D eigenvalue weighted by atomic mass is 16.3. The van der Waals surface area contributed by atoms with Crippen molar-refractivity contribution in [3.05, 3.63) is 119 Å². The van der Waals surface area contributed by atoms with E-state index in [1.807, 2.05) is 72.9 Å². The van der Waals surface area contributed by atoms with Crippen LogP contribution in [-0.4, -0.2) is 9.97 Å². The van der Waals surface area contributed by atoms with Crippen molar-refractivity contribution in [3.63, 3.8) is 0 Å². The number of rotatable bonds is 8. The van der Waals surface area contributed by atoms with Crippen LogP contribution in [0.15, 0.2) is 92.0 Å². The molecule has 0 fully saturated rings. The van der Waals surface area contributed by atoms with Crippen LogP contribution in [0.5, 0.6) is 0 Å². The average molecular weight is 448 g/mol. The lowest BCUT2D eigenvalue weighted by Crippen LogP contribution is -1.99. The zero-order valence-electron chi connectivity index (χ0n) is 18.1. The van der Waals surface area contributed by atoms with Crippen LogP contribution < -0.4 is 0 Å². The molecule has 0 bridgehead atoms. The third-order valence-corrected chi connectivity index (χ3v) is 4.91. The molecule has 0 spiro atoms. The van der Waals surface area contributed by atoms with E-state index in [0.29, 0.717) is 22.8 Å². The van der Waals surface area contributed by atoms with Crippen LogP contribution >= 0.6 is 0 Å². The first-order valence-corrected chi connectivity index (χ1v) is 10.6. The van der Waals surface area contributed by atoms with E-state index in [9.17, 15) is 0 Å². The minimum Gasteiger partial charge on any atom is -0.472 e. The van der Waals surface area contributed by atoms with E-state index in [2.05, 4.69) is 0 Å². The van der Waals surface area contributed by atoms with Crippen LogP contribution in [0.1, 0.15) is 45.0 Å². The van der Waals surface area contributed by atoms with Gasteiger partial charge in [0.25, 0.3) is 0 Å². The number of hydrogen-bond donors (Lipinski definition) is 0. The molecule has 0 aliphatic heterocycles.